The van der Waals surface area contributed by atoms with Crippen LogP contribution in [-0.2, 0) is 0 Å². The van der Waals surface area contributed by atoms with Gasteiger partial charge >= 0.3 is 0 Å². The molecule has 1 fully saturated rings. The predicted molar refractivity (Wildman–Crippen MR) is 73.1 cm³/mol. The quantitative estimate of drug-likeness (QED) is 0.841. The Bertz CT molecular complexity index is 414. The predicted octanol–water partition coefficient (Wildman–Crippen LogP) is 3.29. The molecule has 2 rings (SSSR count). The van der Waals surface area contributed by atoms with Gasteiger partial charge in [-0.05, 0) is 38.9 Å². The zero-order valence-electron chi connectivity index (χ0n) is 10.9. The molecule has 0 saturated heterocycles. The van der Waals surface area contributed by atoms with Crippen LogP contribution in [0.2, 0.25) is 0 Å². The number of H-pyrrole nitrogens is 1. The molecule has 0 atom stereocenters. The van der Waals surface area contributed by atoms with E-state index in [1.165, 1.54) is 32.1 Å². The molecule has 1 aromatic heterocycles. The number of hydrogen-bond acceptors (Lipinski definition) is 3. The molecule has 0 aliphatic heterocycles. The van der Waals surface area contributed by atoms with Gasteiger partial charge in [-0.15, -0.1) is 5.10 Å². The summed E-state index contributed by atoms with van der Waals surface area (Å²) in [7, 11) is 2.08. The van der Waals surface area contributed by atoms with Crippen LogP contribution in [0.4, 0.5) is 5.95 Å². The first-order valence-electron chi connectivity index (χ1n) is 6.51. The minimum Gasteiger partial charge on any atom is -0.342 e. The Morgan fingerprint density at radius 1 is 1.35 bits per heavy atom. The molecule has 0 aromatic carbocycles. The summed E-state index contributed by atoms with van der Waals surface area (Å²) in [6.45, 7) is 4.34. The lowest BCUT2D eigenvalue weighted by Crippen LogP contribution is -2.30. The molecule has 1 aliphatic rings. The number of aromatic amines is 1. The largest absolute Gasteiger partial charge is 0.342 e. The molecule has 1 saturated carbocycles. The van der Waals surface area contributed by atoms with Gasteiger partial charge in [-0.1, -0.05) is 19.3 Å². The normalized spacial score (nSPS) is 17.6. The van der Waals surface area contributed by atoms with E-state index in [1.54, 1.807) is 0 Å². The van der Waals surface area contributed by atoms with Crippen LogP contribution in [0.3, 0.4) is 0 Å². The van der Waals surface area contributed by atoms with E-state index in [0.29, 0.717) is 12.1 Å². The third kappa shape index (κ3) is 2.54. The highest BCUT2D eigenvalue weighted by atomic mass is 32.1. The molecule has 0 bridgehead atoms. The van der Waals surface area contributed by atoms with Crippen molar-refractivity contribution in [3.63, 3.8) is 0 Å². The fourth-order valence-corrected chi connectivity index (χ4v) is 2.72. The minimum absolute atomic E-state index is 0.433. The van der Waals surface area contributed by atoms with Gasteiger partial charge in [0.2, 0.25) is 5.95 Å². The van der Waals surface area contributed by atoms with Crippen molar-refractivity contribution >= 4 is 18.2 Å². The van der Waals surface area contributed by atoms with Gasteiger partial charge in [0.05, 0.1) is 0 Å². The van der Waals surface area contributed by atoms with Crippen molar-refractivity contribution in [2.45, 2.75) is 58.0 Å². The third-order valence-corrected chi connectivity index (χ3v) is 4.00. The van der Waals surface area contributed by atoms with Crippen molar-refractivity contribution in [3.8, 4) is 0 Å². The molecule has 1 aliphatic carbocycles. The van der Waals surface area contributed by atoms with Gasteiger partial charge in [0, 0.05) is 19.1 Å². The summed E-state index contributed by atoms with van der Waals surface area (Å²) in [6, 6.07) is 0.966. The van der Waals surface area contributed by atoms with Crippen molar-refractivity contribution in [2.24, 2.45) is 0 Å². The second kappa shape index (κ2) is 5.21. The lowest BCUT2D eigenvalue weighted by molar-refractivity contribution is 0.350. The maximum Gasteiger partial charge on any atom is 0.225 e. The molecule has 1 heterocycles. The first-order valence-corrected chi connectivity index (χ1v) is 6.92. The summed E-state index contributed by atoms with van der Waals surface area (Å²) >= 11 is 5.38. The van der Waals surface area contributed by atoms with E-state index < -0.39 is 0 Å². The first kappa shape index (κ1) is 12.6. The summed E-state index contributed by atoms with van der Waals surface area (Å²) in [5.41, 5.74) is 0. The molecule has 0 radical (unpaired) electrons. The zero-order valence-corrected chi connectivity index (χ0v) is 11.8. The Kier molecular flexibility index (Phi) is 3.86. The second-order valence-corrected chi connectivity index (χ2v) is 5.58. The number of anilines is 1. The summed E-state index contributed by atoms with van der Waals surface area (Å²) in [5.74, 6) is 0.983. The number of rotatable bonds is 3. The topological polar surface area (TPSA) is 36.9 Å². The van der Waals surface area contributed by atoms with E-state index in [0.717, 1.165) is 10.7 Å². The van der Waals surface area contributed by atoms with E-state index in [4.69, 9.17) is 12.2 Å². The van der Waals surface area contributed by atoms with Crippen molar-refractivity contribution in [3.05, 3.63) is 4.77 Å². The molecule has 17 heavy (non-hydrogen) atoms. The van der Waals surface area contributed by atoms with E-state index >= 15 is 0 Å². The zero-order chi connectivity index (χ0) is 12.4. The van der Waals surface area contributed by atoms with Crippen LogP contribution in [0.1, 0.15) is 52.0 Å². The minimum atomic E-state index is 0.433. The van der Waals surface area contributed by atoms with Crippen molar-refractivity contribution in [1.29, 1.82) is 0 Å². The molecular weight excluding hydrogens is 232 g/mol. The standard InChI is InChI=1S/C12H22N4S/c1-9(2)15(3)11-13-14-12(17)16(11)10-7-5-4-6-8-10/h9-10H,4-8H2,1-3H3,(H,14,17). The van der Waals surface area contributed by atoms with Crippen LogP contribution in [0.15, 0.2) is 0 Å². The van der Waals surface area contributed by atoms with Gasteiger partial charge in [-0.2, -0.15) is 0 Å². The lowest BCUT2D eigenvalue weighted by atomic mass is 9.95. The third-order valence-electron chi connectivity index (χ3n) is 3.72. The van der Waals surface area contributed by atoms with Gasteiger partial charge in [-0.3, -0.25) is 4.57 Å². The number of hydrogen-bond donors (Lipinski definition) is 1. The van der Waals surface area contributed by atoms with Gasteiger partial charge in [0.1, 0.15) is 0 Å². The first-order chi connectivity index (χ1) is 8.11. The molecule has 0 spiro atoms. The SMILES string of the molecule is CC(C)N(C)c1n[nH]c(=S)n1C1CCCCC1. The van der Waals surface area contributed by atoms with Crippen molar-refractivity contribution in [1.82, 2.24) is 14.8 Å². The Hall–Kier alpha value is -0.840. The average molecular weight is 254 g/mol. The van der Waals surface area contributed by atoms with E-state index in [1.807, 2.05) is 0 Å². The maximum absolute atomic E-state index is 5.38. The highest BCUT2D eigenvalue weighted by Gasteiger charge is 2.22. The second-order valence-electron chi connectivity index (χ2n) is 5.20. The summed E-state index contributed by atoms with van der Waals surface area (Å²) in [5, 5.41) is 7.33. The Balaban J connectivity index is 2.31. The molecule has 96 valence electrons. The average Bonchev–Trinajstić information content (AvgIpc) is 2.71. The molecule has 1 N–H and O–H groups in total. The molecule has 0 amide bonds. The van der Waals surface area contributed by atoms with Crippen LogP contribution >= 0.6 is 12.2 Å². The summed E-state index contributed by atoms with van der Waals surface area (Å²) in [4.78, 5) is 2.18. The van der Waals surface area contributed by atoms with Crippen LogP contribution in [0.5, 0.6) is 0 Å². The number of nitrogens with one attached hydrogen (secondary N) is 1. The van der Waals surface area contributed by atoms with Crippen LogP contribution in [0, 0.1) is 4.77 Å². The van der Waals surface area contributed by atoms with Crippen molar-refractivity contribution in [2.75, 3.05) is 11.9 Å². The molecule has 0 unspecified atom stereocenters. The van der Waals surface area contributed by atoms with Gasteiger partial charge < -0.3 is 4.90 Å². The highest BCUT2D eigenvalue weighted by molar-refractivity contribution is 7.71. The maximum atomic E-state index is 5.38. The fourth-order valence-electron chi connectivity index (χ4n) is 2.44. The van der Waals surface area contributed by atoms with Crippen LogP contribution in [0.25, 0.3) is 0 Å². The fraction of sp³-hybridized carbons (Fsp3) is 0.833. The van der Waals surface area contributed by atoms with Gasteiger partial charge in [0.25, 0.3) is 0 Å². The highest BCUT2D eigenvalue weighted by Crippen LogP contribution is 2.31. The monoisotopic (exact) mass is 254 g/mol. The molecule has 5 heteroatoms. The molecular formula is C12H22N4S. The number of nitrogens with zero attached hydrogens (tertiary/aromatic N) is 3. The molecule has 1 aromatic rings. The summed E-state index contributed by atoms with van der Waals surface area (Å²) in [6.07, 6.45) is 6.43. The van der Waals surface area contributed by atoms with Crippen molar-refractivity contribution < 1.29 is 0 Å². The Labute approximate surface area is 108 Å². The summed E-state index contributed by atoms with van der Waals surface area (Å²) < 4.78 is 2.98. The van der Waals surface area contributed by atoms with E-state index in [2.05, 4.69) is 40.6 Å². The van der Waals surface area contributed by atoms with Crippen LogP contribution in [-0.4, -0.2) is 27.9 Å². The lowest BCUT2D eigenvalue weighted by Gasteiger charge is -2.28. The van der Waals surface area contributed by atoms with Gasteiger partial charge in [0.15, 0.2) is 4.77 Å². The van der Waals surface area contributed by atoms with Gasteiger partial charge in [-0.25, -0.2) is 5.10 Å². The smallest absolute Gasteiger partial charge is 0.225 e. The molecule has 4 nitrogen and oxygen atoms in total. The van der Waals surface area contributed by atoms with E-state index in [9.17, 15) is 0 Å². The Morgan fingerprint density at radius 3 is 2.59 bits per heavy atom. The Morgan fingerprint density at radius 2 is 2.00 bits per heavy atom. The number of aromatic nitrogens is 3. The van der Waals surface area contributed by atoms with E-state index in [-0.39, 0.29) is 0 Å². The van der Waals surface area contributed by atoms with Crippen LogP contribution < -0.4 is 4.90 Å².